The Labute approximate surface area is 80.9 Å². The first-order valence-electron chi connectivity index (χ1n) is 3.50. The third-order valence-electron chi connectivity index (χ3n) is 1.51. The number of halogens is 3. The Kier molecular flexibility index (Phi) is 2.85. The van der Waals surface area contributed by atoms with Crippen LogP contribution < -0.4 is 0 Å². The zero-order valence-corrected chi connectivity index (χ0v) is 6.95. The van der Waals surface area contributed by atoms with E-state index < -0.39 is 34.2 Å². The number of nitrogens with zero attached hydrogens (tertiary/aromatic N) is 3. The van der Waals surface area contributed by atoms with Crippen LogP contribution in [0, 0.1) is 27.4 Å². The molecule has 0 saturated heterocycles. The molecule has 0 aromatic carbocycles. The van der Waals surface area contributed by atoms with Crippen molar-refractivity contribution in [3.8, 4) is 6.07 Å². The number of pyridine rings is 1. The molecule has 0 amide bonds. The van der Waals surface area contributed by atoms with E-state index in [4.69, 9.17) is 5.26 Å². The summed E-state index contributed by atoms with van der Waals surface area (Å²) in [5, 5.41) is 18.6. The summed E-state index contributed by atoms with van der Waals surface area (Å²) in [5.41, 5.74) is -2.91. The van der Waals surface area contributed by atoms with Crippen LogP contribution in [0.5, 0.6) is 0 Å². The second-order valence-electron chi connectivity index (χ2n) is 2.40. The van der Waals surface area contributed by atoms with Crippen LogP contribution in [0.2, 0.25) is 0 Å². The molecule has 0 aliphatic rings. The number of nitriles is 1. The van der Waals surface area contributed by atoms with Gasteiger partial charge in [-0.2, -0.15) is 9.65 Å². The maximum atomic E-state index is 12.8. The first kappa shape index (κ1) is 10.9. The van der Waals surface area contributed by atoms with Gasteiger partial charge in [0, 0.05) is 6.07 Å². The lowest BCUT2D eigenvalue weighted by molar-refractivity contribution is -0.388. The molecule has 1 aromatic heterocycles. The molecule has 1 heterocycles. The van der Waals surface area contributed by atoms with Crippen LogP contribution in [0.1, 0.15) is 17.7 Å². The van der Waals surface area contributed by atoms with Gasteiger partial charge in [-0.15, -0.1) is 0 Å². The monoisotopic (exact) mass is 217 g/mol. The van der Waals surface area contributed by atoms with E-state index in [-0.39, 0.29) is 0 Å². The average molecular weight is 217 g/mol. The predicted octanol–water partition coefficient (Wildman–Crippen LogP) is 1.94. The van der Waals surface area contributed by atoms with Crippen molar-refractivity contribution < 1.29 is 18.1 Å². The molecule has 0 saturated carbocycles. The fourth-order valence-corrected chi connectivity index (χ4v) is 0.877. The van der Waals surface area contributed by atoms with Gasteiger partial charge >= 0.3 is 5.69 Å². The van der Waals surface area contributed by atoms with Crippen molar-refractivity contribution in [2.75, 3.05) is 0 Å². The molecule has 0 radical (unpaired) electrons. The summed E-state index contributed by atoms with van der Waals surface area (Å²) in [7, 11) is 0. The summed E-state index contributed by atoms with van der Waals surface area (Å²) in [4.78, 5) is 11.7. The van der Waals surface area contributed by atoms with Crippen molar-refractivity contribution in [3.63, 3.8) is 0 Å². The number of aromatic nitrogens is 1. The van der Waals surface area contributed by atoms with Crippen LogP contribution in [0.15, 0.2) is 6.07 Å². The highest BCUT2D eigenvalue weighted by molar-refractivity contribution is 5.43. The van der Waals surface area contributed by atoms with Gasteiger partial charge in [0.1, 0.15) is 11.8 Å². The highest BCUT2D eigenvalue weighted by atomic mass is 19.3. The van der Waals surface area contributed by atoms with Crippen molar-refractivity contribution in [2.45, 2.75) is 6.43 Å². The number of nitro groups is 1. The Morgan fingerprint density at radius 1 is 1.60 bits per heavy atom. The number of hydrogen-bond acceptors (Lipinski definition) is 4. The third-order valence-corrected chi connectivity index (χ3v) is 1.51. The van der Waals surface area contributed by atoms with E-state index in [1.807, 2.05) is 0 Å². The quantitative estimate of drug-likeness (QED) is 0.430. The Bertz CT molecular complexity index is 456. The molecule has 0 spiro atoms. The highest BCUT2D eigenvalue weighted by Crippen LogP contribution is 2.25. The molecular weight excluding hydrogens is 215 g/mol. The number of rotatable bonds is 2. The third kappa shape index (κ3) is 2.01. The molecule has 0 aliphatic heterocycles. The largest absolute Gasteiger partial charge is 0.325 e. The van der Waals surface area contributed by atoms with Crippen LogP contribution in [-0.2, 0) is 0 Å². The van der Waals surface area contributed by atoms with Crippen LogP contribution in [0.4, 0.5) is 18.9 Å². The van der Waals surface area contributed by atoms with E-state index in [1.165, 1.54) is 6.07 Å². The fraction of sp³-hybridized carbons (Fsp3) is 0.143. The molecule has 0 atom stereocenters. The van der Waals surface area contributed by atoms with E-state index in [0.717, 1.165) is 0 Å². The Morgan fingerprint density at radius 3 is 2.60 bits per heavy atom. The van der Waals surface area contributed by atoms with E-state index in [2.05, 4.69) is 4.98 Å². The molecule has 15 heavy (non-hydrogen) atoms. The topological polar surface area (TPSA) is 79.8 Å². The van der Waals surface area contributed by atoms with Gasteiger partial charge < -0.3 is 0 Å². The zero-order chi connectivity index (χ0) is 11.6. The number of hydrogen-bond donors (Lipinski definition) is 0. The molecule has 0 aliphatic carbocycles. The van der Waals surface area contributed by atoms with Crippen LogP contribution >= 0.6 is 0 Å². The van der Waals surface area contributed by atoms with Crippen molar-refractivity contribution in [3.05, 3.63) is 33.4 Å². The van der Waals surface area contributed by atoms with Crippen molar-refractivity contribution in [2.24, 2.45) is 0 Å². The van der Waals surface area contributed by atoms with Gasteiger partial charge in [-0.25, -0.2) is 13.8 Å². The Hall–Kier alpha value is -2.17. The van der Waals surface area contributed by atoms with E-state index in [9.17, 15) is 23.3 Å². The standard InChI is InChI=1S/C7H2F3N3O2/c8-6(9)5-3(2-11)1-4(13(14)15)7(10)12-5/h1,6H. The first-order valence-corrected chi connectivity index (χ1v) is 3.50. The van der Waals surface area contributed by atoms with Crippen molar-refractivity contribution in [1.82, 2.24) is 4.98 Å². The Balaban J connectivity index is 3.44. The van der Waals surface area contributed by atoms with Crippen molar-refractivity contribution >= 4 is 5.69 Å². The summed E-state index contributed by atoms with van der Waals surface area (Å²) in [6.07, 6.45) is -3.16. The summed E-state index contributed by atoms with van der Waals surface area (Å²) in [6, 6.07) is 1.72. The average Bonchev–Trinajstić information content (AvgIpc) is 2.16. The SMILES string of the molecule is N#Cc1cc([N+](=O)[O-])c(F)nc1C(F)F. The van der Waals surface area contributed by atoms with Crippen molar-refractivity contribution in [1.29, 1.82) is 5.26 Å². The van der Waals surface area contributed by atoms with Crippen LogP contribution in [-0.4, -0.2) is 9.91 Å². The van der Waals surface area contributed by atoms with Gasteiger partial charge in [0.25, 0.3) is 12.4 Å². The molecule has 78 valence electrons. The first-order chi connectivity index (χ1) is 6.97. The van der Waals surface area contributed by atoms with Gasteiger partial charge in [0.15, 0.2) is 0 Å². The minimum Gasteiger partial charge on any atom is -0.258 e. The minimum atomic E-state index is -3.16. The summed E-state index contributed by atoms with van der Waals surface area (Å²) in [6.45, 7) is 0. The molecule has 0 N–H and O–H groups in total. The van der Waals surface area contributed by atoms with E-state index >= 15 is 0 Å². The van der Waals surface area contributed by atoms with Gasteiger partial charge in [0.2, 0.25) is 0 Å². The van der Waals surface area contributed by atoms with E-state index in [1.54, 1.807) is 0 Å². The summed E-state index contributed by atoms with van der Waals surface area (Å²) < 4.78 is 37.1. The summed E-state index contributed by atoms with van der Waals surface area (Å²) in [5.74, 6) is -1.63. The maximum Gasteiger partial charge on any atom is 0.325 e. The van der Waals surface area contributed by atoms with Gasteiger partial charge in [-0.3, -0.25) is 10.1 Å². The van der Waals surface area contributed by atoms with Gasteiger partial charge in [0.05, 0.1) is 10.5 Å². The Morgan fingerprint density at radius 2 is 2.20 bits per heavy atom. The molecule has 0 fully saturated rings. The molecule has 0 bridgehead atoms. The van der Waals surface area contributed by atoms with Crippen LogP contribution in [0.25, 0.3) is 0 Å². The molecule has 0 unspecified atom stereocenters. The second-order valence-corrected chi connectivity index (χ2v) is 2.40. The van der Waals surface area contributed by atoms with E-state index in [0.29, 0.717) is 6.07 Å². The highest BCUT2D eigenvalue weighted by Gasteiger charge is 2.24. The normalized spacial score (nSPS) is 10.1. The minimum absolute atomic E-state index is 0.434. The zero-order valence-electron chi connectivity index (χ0n) is 6.95. The van der Waals surface area contributed by atoms with Crippen LogP contribution in [0.3, 0.4) is 0 Å². The molecular formula is C7H2F3N3O2. The lowest BCUT2D eigenvalue weighted by atomic mass is 10.2. The maximum absolute atomic E-state index is 12.8. The molecule has 1 aromatic rings. The van der Waals surface area contributed by atoms with Gasteiger partial charge in [-0.05, 0) is 0 Å². The number of alkyl halides is 2. The lowest BCUT2D eigenvalue weighted by Crippen LogP contribution is -2.02. The molecule has 1 rings (SSSR count). The second kappa shape index (κ2) is 3.91. The van der Waals surface area contributed by atoms with Gasteiger partial charge in [-0.1, -0.05) is 0 Å². The summed E-state index contributed by atoms with van der Waals surface area (Å²) >= 11 is 0. The lowest BCUT2D eigenvalue weighted by Gasteiger charge is -2.01. The fourth-order valence-electron chi connectivity index (χ4n) is 0.877. The smallest absolute Gasteiger partial charge is 0.258 e. The predicted molar refractivity (Wildman–Crippen MR) is 40.5 cm³/mol. The molecule has 5 nitrogen and oxygen atoms in total. The molecule has 8 heteroatoms.